The Hall–Kier alpha value is -1.73. The summed E-state index contributed by atoms with van der Waals surface area (Å²) in [6, 6.07) is 2.16. The lowest BCUT2D eigenvalue weighted by Gasteiger charge is -2.59. The summed E-state index contributed by atoms with van der Waals surface area (Å²) in [5.74, 6) is -0.176. The van der Waals surface area contributed by atoms with Gasteiger partial charge in [0.1, 0.15) is 6.07 Å². The average Bonchev–Trinajstić information content (AvgIpc) is 2.85. The number of aliphatic hydroxyl groups excluding tert-OH is 1. The van der Waals surface area contributed by atoms with Crippen molar-refractivity contribution >= 4 is 11.6 Å². The van der Waals surface area contributed by atoms with Crippen molar-refractivity contribution < 1.29 is 14.7 Å². The molecule has 0 saturated heterocycles. The van der Waals surface area contributed by atoms with E-state index in [-0.39, 0.29) is 51.8 Å². The van der Waals surface area contributed by atoms with Crippen molar-refractivity contribution in [1.29, 1.82) is 5.26 Å². The minimum Gasteiger partial charge on any atom is -0.396 e. The molecule has 0 aromatic heterocycles. The first-order valence-corrected chi connectivity index (χ1v) is 15.4. The topological polar surface area (TPSA) is 78.2 Å². The third kappa shape index (κ3) is 7.13. The monoisotopic (exact) mass is 539 g/mol. The average molecular weight is 540 g/mol. The van der Waals surface area contributed by atoms with Gasteiger partial charge in [-0.15, -0.1) is 0 Å². The lowest BCUT2D eigenvalue weighted by Crippen LogP contribution is -2.52. The number of carbonyl (C=O) groups excluding carboxylic acids is 2. The summed E-state index contributed by atoms with van der Waals surface area (Å²) in [5, 5.41) is 19.4. The normalized spacial score (nSPS) is 30.4. The molecule has 2 aliphatic carbocycles. The Morgan fingerprint density at radius 2 is 1.72 bits per heavy atom. The second-order valence-corrected chi connectivity index (χ2v) is 15.2. The van der Waals surface area contributed by atoms with Gasteiger partial charge in [0.25, 0.3) is 0 Å². The molecule has 39 heavy (non-hydrogen) atoms. The molecular weight excluding hydrogens is 482 g/mol. The van der Waals surface area contributed by atoms with E-state index >= 15 is 0 Å². The Labute approximate surface area is 239 Å². The van der Waals surface area contributed by atoms with E-state index in [2.05, 4.69) is 61.5 Å². The molecule has 4 nitrogen and oxygen atoms in total. The smallest absolute Gasteiger partial charge is 0.176 e. The molecule has 0 aromatic rings. The molecule has 5 atom stereocenters. The van der Waals surface area contributed by atoms with Crippen molar-refractivity contribution in [3.05, 3.63) is 23.3 Å². The van der Waals surface area contributed by atoms with Crippen molar-refractivity contribution in [2.24, 2.45) is 38.9 Å². The van der Waals surface area contributed by atoms with Crippen LogP contribution in [0.25, 0.3) is 0 Å². The highest BCUT2D eigenvalue weighted by Crippen LogP contribution is 2.65. The summed E-state index contributed by atoms with van der Waals surface area (Å²) in [6.07, 6.45) is 14.2. The lowest BCUT2D eigenvalue weighted by atomic mass is 9.44. The number of aliphatic hydroxyl groups is 1. The van der Waals surface area contributed by atoms with E-state index in [0.29, 0.717) is 5.41 Å². The number of allylic oxidation sites excluding steroid dienone is 4. The van der Waals surface area contributed by atoms with E-state index < -0.39 is 5.41 Å². The predicted molar refractivity (Wildman–Crippen MR) is 161 cm³/mol. The molecule has 0 aromatic carbocycles. The van der Waals surface area contributed by atoms with Gasteiger partial charge >= 0.3 is 0 Å². The number of rotatable bonds is 13. The van der Waals surface area contributed by atoms with Crippen LogP contribution in [0.1, 0.15) is 133 Å². The zero-order valence-corrected chi connectivity index (χ0v) is 26.8. The summed E-state index contributed by atoms with van der Waals surface area (Å²) in [6.45, 7) is 22.4. The van der Waals surface area contributed by atoms with Gasteiger partial charge in [0.05, 0.1) is 5.57 Å². The Morgan fingerprint density at radius 1 is 1.10 bits per heavy atom. The zero-order valence-electron chi connectivity index (χ0n) is 26.8. The number of nitriles is 1. The van der Waals surface area contributed by atoms with Crippen LogP contribution >= 0.6 is 0 Å². The first-order chi connectivity index (χ1) is 17.9. The lowest BCUT2D eigenvalue weighted by molar-refractivity contribution is -0.123. The molecule has 220 valence electrons. The molecule has 4 heteroatoms. The van der Waals surface area contributed by atoms with Gasteiger partial charge in [-0.2, -0.15) is 5.26 Å². The molecule has 0 spiro atoms. The predicted octanol–water partition coefficient (Wildman–Crippen LogP) is 8.78. The van der Waals surface area contributed by atoms with Gasteiger partial charge in [0.2, 0.25) is 0 Å². The van der Waals surface area contributed by atoms with Crippen molar-refractivity contribution in [3.63, 3.8) is 0 Å². The van der Waals surface area contributed by atoms with E-state index in [1.807, 2.05) is 19.1 Å². The van der Waals surface area contributed by atoms with Gasteiger partial charge in [-0.05, 0) is 98.4 Å². The summed E-state index contributed by atoms with van der Waals surface area (Å²) in [7, 11) is 0. The van der Waals surface area contributed by atoms with Crippen LogP contribution < -0.4 is 0 Å². The van der Waals surface area contributed by atoms with Crippen LogP contribution in [0.15, 0.2) is 23.3 Å². The first kappa shape index (κ1) is 33.5. The Morgan fingerprint density at radius 3 is 2.26 bits per heavy atom. The van der Waals surface area contributed by atoms with E-state index in [0.717, 1.165) is 50.5 Å². The molecule has 0 unspecified atom stereocenters. The van der Waals surface area contributed by atoms with Crippen molar-refractivity contribution in [2.45, 2.75) is 133 Å². The maximum absolute atomic E-state index is 12.9. The van der Waals surface area contributed by atoms with Gasteiger partial charge in [-0.1, -0.05) is 80.4 Å². The SMILES string of the molecule is CCCC(C)(C)CC[C@](C)(CCCO)CCC(C)(C)[C@]1(C)CC[C@H]2[C@H](C)C(=O)C(C#N)=C[C@]2(C)/C1=C/C(C)=O. The minimum atomic E-state index is -0.501. The van der Waals surface area contributed by atoms with Gasteiger partial charge in [-0.25, -0.2) is 0 Å². The van der Waals surface area contributed by atoms with E-state index in [9.17, 15) is 20.0 Å². The van der Waals surface area contributed by atoms with Crippen LogP contribution in [0.4, 0.5) is 0 Å². The molecule has 2 aliphatic rings. The number of hydrogen-bond acceptors (Lipinski definition) is 4. The van der Waals surface area contributed by atoms with Gasteiger partial charge in [0, 0.05) is 17.9 Å². The van der Waals surface area contributed by atoms with Crippen LogP contribution in [-0.2, 0) is 9.59 Å². The molecule has 1 fully saturated rings. The summed E-state index contributed by atoms with van der Waals surface area (Å²) >= 11 is 0. The Bertz CT molecular complexity index is 1010. The maximum Gasteiger partial charge on any atom is 0.176 e. The number of fused-ring (bicyclic) bond motifs is 1. The molecule has 0 aliphatic heterocycles. The quantitative estimate of drug-likeness (QED) is 0.237. The van der Waals surface area contributed by atoms with Crippen LogP contribution in [0.2, 0.25) is 0 Å². The molecule has 0 radical (unpaired) electrons. The van der Waals surface area contributed by atoms with Gasteiger partial charge in [0.15, 0.2) is 11.6 Å². The van der Waals surface area contributed by atoms with E-state index in [1.165, 1.54) is 19.3 Å². The Balaban J connectivity index is 2.46. The number of hydrogen-bond donors (Lipinski definition) is 1. The molecule has 2 rings (SSSR count). The molecule has 1 saturated carbocycles. The largest absolute Gasteiger partial charge is 0.396 e. The first-order valence-electron chi connectivity index (χ1n) is 15.4. The molecular formula is C35H57NO3. The van der Waals surface area contributed by atoms with E-state index in [1.54, 1.807) is 6.92 Å². The van der Waals surface area contributed by atoms with Crippen LogP contribution in [0.5, 0.6) is 0 Å². The fourth-order valence-electron chi connectivity index (χ4n) is 7.95. The highest BCUT2D eigenvalue weighted by molar-refractivity contribution is 6.02. The zero-order chi connectivity index (χ0) is 29.9. The number of ketones is 2. The second-order valence-electron chi connectivity index (χ2n) is 15.2. The fourth-order valence-corrected chi connectivity index (χ4v) is 7.95. The third-order valence-corrected chi connectivity index (χ3v) is 11.2. The van der Waals surface area contributed by atoms with Crippen LogP contribution in [0.3, 0.4) is 0 Å². The number of nitrogens with zero attached hydrogens (tertiary/aromatic N) is 1. The maximum atomic E-state index is 12.9. The minimum absolute atomic E-state index is 0.0244. The second kappa shape index (κ2) is 12.4. The molecule has 1 N–H and O–H groups in total. The molecule has 0 amide bonds. The number of Topliss-reactive ketones (excluding diaryl/α,β-unsaturated/α-hetero) is 1. The van der Waals surface area contributed by atoms with Crippen LogP contribution in [0, 0.1) is 50.2 Å². The highest BCUT2D eigenvalue weighted by atomic mass is 16.3. The highest BCUT2D eigenvalue weighted by Gasteiger charge is 2.58. The van der Waals surface area contributed by atoms with Gasteiger partial charge < -0.3 is 5.11 Å². The van der Waals surface area contributed by atoms with E-state index in [4.69, 9.17) is 0 Å². The van der Waals surface area contributed by atoms with Crippen molar-refractivity contribution in [3.8, 4) is 6.07 Å². The molecule has 0 heterocycles. The standard InChI is InChI=1S/C35H57NO3/c1-11-14-31(4,5)17-19-33(8,15-12-21-37)20-18-32(6,7)35(10)16-13-28-26(3)30(39)27(24-36)23-34(28,9)29(35)22-25(2)38/h22-23,26,28,37H,11-21H2,1-10H3/b29-22-/t26-,28-,33-,34-,35+/m0/s1. The fraction of sp³-hybridized carbons (Fsp3) is 0.800. The Kier molecular flexibility index (Phi) is 10.7. The summed E-state index contributed by atoms with van der Waals surface area (Å²) in [5.41, 5.74) is 0.945. The summed E-state index contributed by atoms with van der Waals surface area (Å²) < 4.78 is 0. The van der Waals surface area contributed by atoms with Crippen molar-refractivity contribution in [2.75, 3.05) is 6.61 Å². The summed E-state index contributed by atoms with van der Waals surface area (Å²) in [4.78, 5) is 25.6. The van der Waals surface area contributed by atoms with Gasteiger partial charge in [-0.3, -0.25) is 9.59 Å². The number of carbonyl (C=O) groups is 2. The van der Waals surface area contributed by atoms with Crippen molar-refractivity contribution in [1.82, 2.24) is 0 Å². The van der Waals surface area contributed by atoms with Crippen LogP contribution in [-0.4, -0.2) is 23.3 Å². The third-order valence-electron chi connectivity index (χ3n) is 11.2. The molecule has 0 bridgehead atoms.